The van der Waals surface area contributed by atoms with Gasteiger partial charge in [0.05, 0.1) is 12.7 Å². The molecule has 0 unspecified atom stereocenters. The fourth-order valence-electron chi connectivity index (χ4n) is 3.69. The molecule has 0 spiro atoms. The van der Waals surface area contributed by atoms with Crippen LogP contribution in [0.1, 0.15) is 56.1 Å². The molecule has 2 aliphatic rings. The van der Waals surface area contributed by atoms with Crippen LogP contribution in [0, 0.1) is 5.92 Å². The number of hydrogen-bond donors (Lipinski definition) is 2. The third-order valence-electron chi connectivity index (χ3n) is 5.18. The van der Waals surface area contributed by atoms with Crippen LogP contribution in [0.25, 0.3) is 0 Å². The fourth-order valence-corrected chi connectivity index (χ4v) is 3.69. The lowest BCUT2D eigenvalue weighted by Crippen LogP contribution is -2.62. The minimum atomic E-state index is -0.847. The summed E-state index contributed by atoms with van der Waals surface area (Å²) in [6.07, 6.45) is 5.74. The van der Waals surface area contributed by atoms with E-state index in [9.17, 15) is 9.90 Å². The van der Waals surface area contributed by atoms with Crippen molar-refractivity contribution in [1.82, 2.24) is 10.2 Å². The van der Waals surface area contributed by atoms with Gasteiger partial charge in [-0.05, 0) is 29.9 Å². The predicted molar refractivity (Wildman–Crippen MR) is 86.8 cm³/mol. The molecule has 4 heteroatoms. The molecule has 1 aliphatic carbocycles. The zero-order valence-electron chi connectivity index (χ0n) is 13.3. The van der Waals surface area contributed by atoms with Crippen molar-refractivity contribution >= 4 is 6.09 Å². The second-order valence-electron chi connectivity index (χ2n) is 6.82. The second-order valence-corrected chi connectivity index (χ2v) is 6.82. The SMILES string of the molecule is C[C@H]1CN[C@H]1N(Cc1ccc(C2CCCCC2)cc1)C(=O)O. The molecule has 1 saturated carbocycles. The molecule has 1 saturated heterocycles. The summed E-state index contributed by atoms with van der Waals surface area (Å²) in [7, 11) is 0. The summed E-state index contributed by atoms with van der Waals surface area (Å²) >= 11 is 0. The Hall–Kier alpha value is -1.55. The summed E-state index contributed by atoms with van der Waals surface area (Å²) in [5.41, 5.74) is 2.49. The molecule has 1 heterocycles. The molecular formula is C18H26N2O2. The highest BCUT2D eigenvalue weighted by Gasteiger charge is 2.34. The zero-order chi connectivity index (χ0) is 15.5. The van der Waals surface area contributed by atoms with Crippen molar-refractivity contribution in [3.05, 3.63) is 35.4 Å². The van der Waals surface area contributed by atoms with E-state index in [0.717, 1.165) is 12.1 Å². The molecule has 0 radical (unpaired) electrons. The third kappa shape index (κ3) is 3.27. The summed E-state index contributed by atoms with van der Waals surface area (Å²) in [6.45, 7) is 3.45. The third-order valence-corrected chi connectivity index (χ3v) is 5.18. The second kappa shape index (κ2) is 6.69. The predicted octanol–water partition coefficient (Wildman–Crippen LogP) is 3.78. The average Bonchev–Trinajstić information content (AvgIpc) is 2.54. The molecule has 2 atom stereocenters. The lowest BCUT2D eigenvalue weighted by atomic mass is 9.84. The lowest BCUT2D eigenvalue weighted by molar-refractivity contribution is 0.0489. The summed E-state index contributed by atoms with van der Waals surface area (Å²) in [4.78, 5) is 13.0. The topological polar surface area (TPSA) is 52.6 Å². The van der Waals surface area contributed by atoms with Gasteiger partial charge in [0.15, 0.2) is 0 Å². The molecule has 1 aromatic carbocycles. The number of hydrogen-bond acceptors (Lipinski definition) is 2. The van der Waals surface area contributed by atoms with Crippen LogP contribution < -0.4 is 5.32 Å². The Morgan fingerprint density at radius 3 is 2.41 bits per heavy atom. The number of carbonyl (C=O) groups is 1. The highest BCUT2D eigenvalue weighted by atomic mass is 16.4. The largest absolute Gasteiger partial charge is 0.465 e. The summed E-state index contributed by atoms with van der Waals surface area (Å²) in [5.74, 6) is 1.09. The van der Waals surface area contributed by atoms with Gasteiger partial charge in [-0.25, -0.2) is 4.79 Å². The van der Waals surface area contributed by atoms with E-state index in [1.807, 2.05) is 0 Å². The van der Waals surface area contributed by atoms with Crippen molar-refractivity contribution in [2.45, 2.75) is 57.7 Å². The Bertz CT molecular complexity index is 508. The van der Waals surface area contributed by atoms with Gasteiger partial charge in [0.25, 0.3) is 0 Å². The van der Waals surface area contributed by atoms with Gasteiger partial charge in [0.1, 0.15) is 0 Å². The van der Waals surface area contributed by atoms with E-state index < -0.39 is 6.09 Å². The summed E-state index contributed by atoms with van der Waals surface area (Å²) < 4.78 is 0. The monoisotopic (exact) mass is 302 g/mol. The first kappa shape index (κ1) is 15.3. The van der Waals surface area contributed by atoms with Gasteiger partial charge < -0.3 is 5.11 Å². The molecule has 0 bridgehead atoms. The van der Waals surface area contributed by atoms with Crippen LogP contribution in [0.5, 0.6) is 0 Å². The Morgan fingerprint density at radius 2 is 1.91 bits per heavy atom. The van der Waals surface area contributed by atoms with Gasteiger partial charge in [-0.1, -0.05) is 50.5 Å². The van der Waals surface area contributed by atoms with E-state index in [-0.39, 0.29) is 6.17 Å². The molecular weight excluding hydrogens is 276 g/mol. The highest BCUT2D eigenvalue weighted by Crippen LogP contribution is 2.32. The Kier molecular flexibility index (Phi) is 4.67. The van der Waals surface area contributed by atoms with Gasteiger partial charge >= 0.3 is 6.09 Å². The molecule has 4 nitrogen and oxygen atoms in total. The highest BCUT2D eigenvalue weighted by molar-refractivity contribution is 5.65. The molecule has 2 N–H and O–H groups in total. The van der Waals surface area contributed by atoms with Crippen LogP contribution in [0.15, 0.2) is 24.3 Å². The summed E-state index contributed by atoms with van der Waals surface area (Å²) in [5, 5.41) is 12.6. The number of benzene rings is 1. The van der Waals surface area contributed by atoms with Gasteiger partial charge in [0.2, 0.25) is 0 Å². The Balaban J connectivity index is 1.65. The minimum Gasteiger partial charge on any atom is -0.465 e. The van der Waals surface area contributed by atoms with E-state index >= 15 is 0 Å². The first-order valence-corrected chi connectivity index (χ1v) is 8.47. The average molecular weight is 302 g/mol. The van der Waals surface area contributed by atoms with E-state index in [4.69, 9.17) is 0 Å². The Morgan fingerprint density at radius 1 is 1.23 bits per heavy atom. The van der Waals surface area contributed by atoms with E-state index in [1.165, 1.54) is 42.6 Å². The maximum atomic E-state index is 11.5. The number of nitrogens with zero attached hydrogens (tertiary/aromatic N) is 1. The van der Waals surface area contributed by atoms with E-state index in [2.05, 4.69) is 36.5 Å². The minimum absolute atomic E-state index is 0.0458. The maximum Gasteiger partial charge on any atom is 0.408 e. The van der Waals surface area contributed by atoms with Gasteiger partial charge in [-0.15, -0.1) is 0 Å². The normalized spacial score (nSPS) is 25.5. The van der Waals surface area contributed by atoms with Crippen LogP contribution >= 0.6 is 0 Å². The van der Waals surface area contributed by atoms with Gasteiger partial charge in [-0.3, -0.25) is 10.2 Å². The van der Waals surface area contributed by atoms with Crippen LogP contribution in [-0.2, 0) is 6.54 Å². The van der Waals surface area contributed by atoms with Crippen LogP contribution in [-0.4, -0.2) is 28.8 Å². The smallest absolute Gasteiger partial charge is 0.408 e. The molecule has 0 aromatic heterocycles. The van der Waals surface area contributed by atoms with Crippen LogP contribution in [0.2, 0.25) is 0 Å². The van der Waals surface area contributed by atoms with Gasteiger partial charge in [-0.2, -0.15) is 0 Å². The zero-order valence-corrected chi connectivity index (χ0v) is 13.3. The molecule has 120 valence electrons. The number of nitrogens with one attached hydrogen (secondary N) is 1. The first-order chi connectivity index (χ1) is 10.6. The van der Waals surface area contributed by atoms with Crippen molar-refractivity contribution in [3.8, 4) is 0 Å². The van der Waals surface area contributed by atoms with Crippen molar-refractivity contribution in [3.63, 3.8) is 0 Å². The maximum absolute atomic E-state index is 11.5. The molecule has 1 aromatic rings. The van der Waals surface area contributed by atoms with Crippen molar-refractivity contribution in [1.29, 1.82) is 0 Å². The number of rotatable bonds is 4. The Labute approximate surface area is 132 Å². The molecule has 1 amide bonds. The molecule has 1 aliphatic heterocycles. The standard InChI is InChI=1S/C18H26N2O2/c1-13-11-19-17(13)20(18(21)22)12-14-7-9-16(10-8-14)15-5-3-2-4-6-15/h7-10,13,15,17,19H,2-6,11-12H2,1H3,(H,21,22)/t13-,17-/m0/s1. The van der Waals surface area contributed by atoms with Crippen molar-refractivity contribution in [2.24, 2.45) is 5.92 Å². The van der Waals surface area contributed by atoms with Crippen LogP contribution in [0.4, 0.5) is 4.79 Å². The number of carboxylic acid groups (broad SMARTS) is 1. The van der Waals surface area contributed by atoms with E-state index in [0.29, 0.717) is 18.4 Å². The molecule has 22 heavy (non-hydrogen) atoms. The van der Waals surface area contributed by atoms with Crippen LogP contribution in [0.3, 0.4) is 0 Å². The van der Waals surface area contributed by atoms with E-state index in [1.54, 1.807) is 0 Å². The summed E-state index contributed by atoms with van der Waals surface area (Å²) in [6, 6.07) is 8.60. The lowest BCUT2D eigenvalue weighted by Gasteiger charge is -2.42. The van der Waals surface area contributed by atoms with Crippen molar-refractivity contribution in [2.75, 3.05) is 6.54 Å². The fraction of sp³-hybridized carbons (Fsp3) is 0.611. The first-order valence-electron chi connectivity index (χ1n) is 8.47. The number of amides is 1. The van der Waals surface area contributed by atoms with Crippen molar-refractivity contribution < 1.29 is 9.90 Å². The molecule has 2 fully saturated rings. The molecule has 3 rings (SSSR count). The quantitative estimate of drug-likeness (QED) is 0.890. The van der Waals surface area contributed by atoms with Gasteiger partial charge in [0, 0.05) is 12.5 Å².